The van der Waals surface area contributed by atoms with Gasteiger partial charge in [0.05, 0.1) is 13.0 Å². The van der Waals surface area contributed by atoms with Crippen molar-refractivity contribution in [3.8, 4) is 0 Å². The van der Waals surface area contributed by atoms with Crippen molar-refractivity contribution in [2.75, 3.05) is 6.54 Å². The Morgan fingerprint density at radius 2 is 2.07 bits per heavy atom. The molecule has 3 nitrogen and oxygen atoms in total. The third-order valence-corrected chi connectivity index (χ3v) is 3.59. The number of rotatable bonds is 1. The van der Waals surface area contributed by atoms with Crippen LogP contribution in [0.5, 0.6) is 0 Å². The summed E-state index contributed by atoms with van der Waals surface area (Å²) in [4.78, 5) is 24.5. The number of carbonyl (C=O) groups is 2. The molecule has 0 bridgehead atoms. The number of Topliss-reactive ketones (excluding diaryl/α,β-unsaturated/α-hetero) is 1. The molecule has 1 heterocycles. The van der Waals surface area contributed by atoms with E-state index >= 15 is 0 Å². The molecule has 1 aliphatic heterocycles. The molecule has 2 rings (SSSR count). The summed E-state index contributed by atoms with van der Waals surface area (Å²) in [6.45, 7) is 4.74. The van der Waals surface area contributed by atoms with E-state index in [9.17, 15) is 9.59 Å². The molecule has 2 fully saturated rings. The van der Waals surface area contributed by atoms with Crippen LogP contribution < -0.4 is 0 Å². The van der Waals surface area contributed by atoms with Gasteiger partial charge in [0.25, 0.3) is 0 Å². The Hall–Kier alpha value is -0.860. The Labute approximate surface area is 84.5 Å². The normalized spacial score (nSPS) is 31.6. The molecule has 0 aromatic heterocycles. The van der Waals surface area contributed by atoms with Gasteiger partial charge in [0, 0.05) is 6.04 Å². The quantitative estimate of drug-likeness (QED) is 0.592. The fourth-order valence-electron chi connectivity index (χ4n) is 2.77. The smallest absolute Gasteiger partial charge is 0.230 e. The Kier molecular flexibility index (Phi) is 2.13. The van der Waals surface area contributed by atoms with Crippen LogP contribution in [0.4, 0.5) is 0 Å². The van der Waals surface area contributed by atoms with Gasteiger partial charge in [-0.15, -0.1) is 0 Å². The highest BCUT2D eigenvalue weighted by Gasteiger charge is 2.43. The molecule has 1 atom stereocenters. The minimum Gasteiger partial charge on any atom is -0.331 e. The molecular weight excluding hydrogens is 178 g/mol. The molecule has 1 saturated heterocycles. The first-order valence-corrected chi connectivity index (χ1v) is 5.32. The number of ketones is 1. The highest BCUT2D eigenvalue weighted by Crippen LogP contribution is 2.41. The molecule has 0 radical (unpaired) electrons. The van der Waals surface area contributed by atoms with Gasteiger partial charge in [0.1, 0.15) is 0 Å². The average molecular weight is 195 g/mol. The molecule has 3 heteroatoms. The molecule has 14 heavy (non-hydrogen) atoms. The van der Waals surface area contributed by atoms with E-state index in [1.807, 2.05) is 0 Å². The van der Waals surface area contributed by atoms with Crippen LogP contribution in [0.25, 0.3) is 0 Å². The molecule has 1 aliphatic carbocycles. The Bertz CT molecular complexity index is 283. The predicted molar refractivity (Wildman–Crippen MR) is 52.8 cm³/mol. The van der Waals surface area contributed by atoms with Crippen LogP contribution in [0.2, 0.25) is 0 Å². The van der Waals surface area contributed by atoms with Gasteiger partial charge in [-0.2, -0.15) is 0 Å². The molecular formula is C11H17NO2. The number of hydrogen-bond acceptors (Lipinski definition) is 2. The lowest BCUT2D eigenvalue weighted by atomic mass is 9.86. The van der Waals surface area contributed by atoms with Crippen molar-refractivity contribution in [3.05, 3.63) is 0 Å². The number of likely N-dealkylation sites (tertiary alicyclic amines) is 1. The molecule has 78 valence electrons. The zero-order valence-electron chi connectivity index (χ0n) is 8.88. The van der Waals surface area contributed by atoms with E-state index < -0.39 is 0 Å². The standard InChI is InChI=1S/C11H17NO2/c1-11(2)5-3-4-9(11)12-7-8(13)6-10(12)14/h9H,3-7H2,1-2H3. The zero-order valence-corrected chi connectivity index (χ0v) is 8.88. The topological polar surface area (TPSA) is 37.4 Å². The monoisotopic (exact) mass is 195 g/mol. The van der Waals surface area contributed by atoms with E-state index in [4.69, 9.17) is 0 Å². The van der Waals surface area contributed by atoms with Crippen molar-refractivity contribution < 1.29 is 9.59 Å². The lowest BCUT2D eigenvalue weighted by Gasteiger charge is -2.34. The van der Waals surface area contributed by atoms with Crippen molar-refractivity contribution >= 4 is 11.7 Å². The number of hydrogen-bond donors (Lipinski definition) is 0. The fourth-order valence-corrected chi connectivity index (χ4v) is 2.77. The average Bonchev–Trinajstić information content (AvgIpc) is 2.54. The van der Waals surface area contributed by atoms with Crippen LogP contribution in [0.3, 0.4) is 0 Å². The first-order chi connectivity index (χ1) is 6.50. The summed E-state index contributed by atoms with van der Waals surface area (Å²) >= 11 is 0. The maximum Gasteiger partial charge on any atom is 0.230 e. The molecule has 0 aromatic carbocycles. The summed E-state index contributed by atoms with van der Waals surface area (Å²) in [7, 11) is 0. The Morgan fingerprint density at radius 3 is 2.50 bits per heavy atom. The van der Waals surface area contributed by atoms with Crippen molar-refractivity contribution in [1.29, 1.82) is 0 Å². The summed E-state index contributed by atoms with van der Waals surface area (Å²) in [5, 5.41) is 0. The summed E-state index contributed by atoms with van der Waals surface area (Å²) in [5.41, 5.74) is 0.195. The molecule has 1 saturated carbocycles. The van der Waals surface area contributed by atoms with Crippen molar-refractivity contribution in [3.63, 3.8) is 0 Å². The van der Waals surface area contributed by atoms with E-state index in [0.717, 1.165) is 12.8 Å². The largest absolute Gasteiger partial charge is 0.331 e. The van der Waals surface area contributed by atoms with Crippen LogP contribution in [-0.2, 0) is 9.59 Å². The second-order valence-electron chi connectivity index (χ2n) is 5.13. The van der Waals surface area contributed by atoms with Crippen molar-refractivity contribution in [2.24, 2.45) is 5.41 Å². The van der Waals surface area contributed by atoms with Gasteiger partial charge in [0.15, 0.2) is 5.78 Å². The molecule has 1 amide bonds. The summed E-state index contributed by atoms with van der Waals surface area (Å²) in [5.74, 6) is 0.118. The lowest BCUT2D eigenvalue weighted by molar-refractivity contribution is -0.131. The van der Waals surface area contributed by atoms with E-state index in [2.05, 4.69) is 13.8 Å². The molecule has 0 spiro atoms. The maximum atomic E-state index is 11.6. The van der Waals surface area contributed by atoms with Crippen LogP contribution in [0.1, 0.15) is 39.5 Å². The van der Waals surface area contributed by atoms with Gasteiger partial charge in [-0.1, -0.05) is 20.3 Å². The van der Waals surface area contributed by atoms with E-state index in [-0.39, 0.29) is 23.5 Å². The van der Waals surface area contributed by atoms with Crippen LogP contribution in [0.15, 0.2) is 0 Å². The number of nitrogens with zero attached hydrogens (tertiary/aromatic N) is 1. The maximum absolute atomic E-state index is 11.6. The molecule has 1 unspecified atom stereocenters. The zero-order chi connectivity index (χ0) is 10.3. The first kappa shape index (κ1) is 9.69. The molecule has 0 aromatic rings. The third-order valence-electron chi connectivity index (χ3n) is 3.59. The first-order valence-electron chi connectivity index (χ1n) is 5.32. The molecule has 2 aliphatic rings. The SMILES string of the molecule is CC1(C)CCCC1N1CC(=O)CC1=O. The highest BCUT2D eigenvalue weighted by molar-refractivity contribution is 6.05. The highest BCUT2D eigenvalue weighted by atomic mass is 16.2. The second kappa shape index (κ2) is 3.07. The van der Waals surface area contributed by atoms with Gasteiger partial charge in [-0.3, -0.25) is 9.59 Å². The second-order valence-corrected chi connectivity index (χ2v) is 5.13. The van der Waals surface area contributed by atoms with E-state index in [1.165, 1.54) is 6.42 Å². The summed E-state index contributed by atoms with van der Waals surface area (Å²) < 4.78 is 0. The third kappa shape index (κ3) is 1.45. The van der Waals surface area contributed by atoms with Crippen LogP contribution in [-0.4, -0.2) is 29.2 Å². The summed E-state index contributed by atoms with van der Waals surface area (Å²) in [6, 6.07) is 0.293. The molecule has 0 N–H and O–H groups in total. The van der Waals surface area contributed by atoms with Gasteiger partial charge >= 0.3 is 0 Å². The Morgan fingerprint density at radius 1 is 1.36 bits per heavy atom. The lowest BCUT2D eigenvalue weighted by Crippen LogP contribution is -2.42. The number of amides is 1. The van der Waals surface area contributed by atoms with Crippen molar-refractivity contribution in [2.45, 2.75) is 45.6 Å². The van der Waals surface area contributed by atoms with Crippen LogP contribution >= 0.6 is 0 Å². The van der Waals surface area contributed by atoms with E-state index in [1.54, 1.807) is 4.90 Å². The van der Waals surface area contributed by atoms with Gasteiger partial charge < -0.3 is 4.90 Å². The van der Waals surface area contributed by atoms with Gasteiger partial charge in [-0.05, 0) is 18.3 Å². The van der Waals surface area contributed by atoms with Crippen molar-refractivity contribution in [1.82, 2.24) is 4.90 Å². The van der Waals surface area contributed by atoms with Gasteiger partial charge in [-0.25, -0.2) is 0 Å². The Balaban J connectivity index is 2.15. The number of carbonyl (C=O) groups excluding carboxylic acids is 2. The predicted octanol–water partition coefficient (Wildman–Crippen LogP) is 1.37. The summed E-state index contributed by atoms with van der Waals surface area (Å²) in [6.07, 6.45) is 3.53. The fraction of sp³-hybridized carbons (Fsp3) is 0.818. The van der Waals surface area contributed by atoms with Gasteiger partial charge in [0.2, 0.25) is 5.91 Å². The minimum atomic E-state index is 0.0370. The van der Waals surface area contributed by atoms with E-state index in [0.29, 0.717) is 12.6 Å². The minimum absolute atomic E-state index is 0.0370. The van der Waals surface area contributed by atoms with Crippen LogP contribution in [0, 0.1) is 5.41 Å².